The predicted molar refractivity (Wildman–Crippen MR) is 74.0 cm³/mol. The zero-order valence-electron chi connectivity index (χ0n) is 12.2. The summed E-state index contributed by atoms with van der Waals surface area (Å²) in [5.74, 6) is -0.210. The predicted octanol–water partition coefficient (Wildman–Crippen LogP) is 1.86. The smallest absolute Gasteiger partial charge is 0.231 e. The molecule has 1 saturated heterocycles. The van der Waals surface area contributed by atoms with Gasteiger partial charge in [0, 0.05) is 38.2 Å². The van der Waals surface area contributed by atoms with E-state index in [9.17, 15) is 13.9 Å². The number of hydrogen-bond acceptors (Lipinski definition) is 5. The molecule has 0 aliphatic carbocycles. The first-order valence-corrected chi connectivity index (χ1v) is 7.13. The van der Waals surface area contributed by atoms with Crippen molar-refractivity contribution in [2.75, 3.05) is 19.7 Å². The number of rotatable bonds is 4. The van der Waals surface area contributed by atoms with Gasteiger partial charge < -0.3 is 9.63 Å². The van der Waals surface area contributed by atoms with Crippen molar-refractivity contribution in [3.05, 3.63) is 47.1 Å². The van der Waals surface area contributed by atoms with Crippen molar-refractivity contribution < 1.29 is 18.4 Å². The van der Waals surface area contributed by atoms with Crippen LogP contribution in [0.3, 0.4) is 0 Å². The summed E-state index contributed by atoms with van der Waals surface area (Å²) in [5.41, 5.74) is 0.566. The third-order valence-electron chi connectivity index (χ3n) is 3.94. The first-order chi connectivity index (χ1) is 10.5. The lowest BCUT2D eigenvalue weighted by Gasteiger charge is -2.15. The summed E-state index contributed by atoms with van der Waals surface area (Å²) in [6, 6.07) is 3.50. The van der Waals surface area contributed by atoms with Gasteiger partial charge in [0.1, 0.15) is 11.6 Å². The molecular weight excluding hydrogens is 292 g/mol. The van der Waals surface area contributed by atoms with Gasteiger partial charge in [-0.3, -0.25) is 4.90 Å². The van der Waals surface area contributed by atoms with Crippen molar-refractivity contribution in [3.8, 4) is 0 Å². The number of likely N-dealkylation sites (tertiary alicyclic amines) is 1. The minimum absolute atomic E-state index is 0.000105. The molecule has 1 aliphatic heterocycles. The quantitative estimate of drug-likeness (QED) is 0.934. The van der Waals surface area contributed by atoms with Crippen molar-refractivity contribution in [2.45, 2.75) is 19.4 Å². The van der Waals surface area contributed by atoms with Crippen molar-refractivity contribution in [2.24, 2.45) is 5.92 Å². The van der Waals surface area contributed by atoms with Crippen molar-refractivity contribution in [1.29, 1.82) is 0 Å². The Kier molecular flexibility index (Phi) is 4.17. The van der Waals surface area contributed by atoms with Gasteiger partial charge in [-0.1, -0.05) is 5.16 Å². The topological polar surface area (TPSA) is 62.4 Å². The lowest BCUT2D eigenvalue weighted by Crippen LogP contribution is -2.21. The first kappa shape index (κ1) is 15.1. The minimum atomic E-state index is -0.586. The van der Waals surface area contributed by atoms with E-state index in [1.807, 2.05) is 4.90 Å². The second-order valence-electron chi connectivity index (χ2n) is 5.70. The van der Waals surface area contributed by atoms with E-state index in [1.165, 1.54) is 12.1 Å². The standard InChI is InChI=1S/C15H17F2N3O2/c1-9-18-15(22-19-9)14-7-20(6-11(14)8-21)5-10-2-12(16)4-13(17)3-10/h2-4,11,14,21H,5-8H2,1H3/t11-,14+/m0/s1. The highest BCUT2D eigenvalue weighted by molar-refractivity contribution is 5.18. The Morgan fingerprint density at radius 2 is 2.00 bits per heavy atom. The highest BCUT2D eigenvalue weighted by atomic mass is 19.1. The monoisotopic (exact) mass is 309 g/mol. The number of aryl methyl sites for hydroxylation is 1. The van der Waals surface area contributed by atoms with E-state index >= 15 is 0 Å². The zero-order valence-corrected chi connectivity index (χ0v) is 12.2. The maximum atomic E-state index is 13.3. The Bertz CT molecular complexity index is 642. The highest BCUT2D eigenvalue weighted by Crippen LogP contribution is 2.32. The summed E-state index contributed by atoms with van der Waals surface area (Å²) in [6.07, 6.45) is 0. The fraction of sp³-hybridized carbons (Fsp3) is 0.467. The molecule has 0 radical (unpaired) electrons. The normalized spacial score (nSPS) is 22.4. The van der Waals surface area contributed by atoms with Crippen molar-refractivity contribution in [3.63, 3.8) is 0 Å². The van der Waals surface area contributed by atoms with Gasteiger partial charge in [-0.2, -0.15) is 4.98 Å². The SMILES string of the molecule is Cc1noc([C@@H]2CN(Cc3cc(F)cc(F)c3)C[C@H]2CO)n1. The fourth-order valence-electron chi connectivity index (χ4n) is 2.98. The molecule has 3 rings (SSSR count). The number of aromatic nitrogens is 2. The van der Waals surface area contributed by atoms with E-state index in [1.54, 1.807) is 6.92 Å². The van der Waals surface area contributed by atoms with E-state index in [0.717, 1.165) is 6.07 Å². The molecule has 1 aliphatic rings. The van der Waals surface area contributed by atoms with Crippen LogP contribution in [-0.4, -0.2) is 39.8 Å². The molecule has 0 unspecified atom stereocenters. The molecule has 1 N–H and O–H groups in total. The van der Waals surface area contributed by atoms with Crippen LogP contribution in [0.1, 0.15) is 23.2 Å². The highest BCUT2D eigenvalue weighted by Gasteiger charge is 2.36. The van der Waals surface area contributed by atoms with Crippen LogP contribution < -0.4 is 0 Å². The van der Waals surface area contributed by atoms with Crippen LogP contribution >= 0.6 is 0 Å². The molecule has 22 heavy (non-hydrogen) atoms. The van der Waals surface area contributed by atoms with Gasteiger partial charge >= 0.3 is 0 Å². The van der Waals surface area contributed by atoms with Crippen LogP contribution in [0.5, 0.6) is 0 Å². The van der Waals surface area contributed by atoms with Gasteiger partial charge in [0.25, 0.3) is 0 Å². The van der Waals surface area contributed by atoms with Gasteiger partial charge in [-0.15, -0.1) is 0 Å². The van der Waals surface area contributed by atoms with Gasteiger partial charge in [0.15, 0.2) is 5.82 Å². The third-order valence-corrected chi connectivity index (χ3v) is 3.94. The molecule has 0 saturated carbocycles. The Balaban J connectivity index is 1.73. The Labute approximate surface area is 126 Å². The van der Waals surface area contributed by atoms with E-state index < -0.39 is 11.6 Å². The molecule has 7 heteroatoms. The summed E-state index contributed by atoms with van der Waals surface area (Å²) in [7, 11) is 0. The van der Waals surface area contributed by atoms with E-state index in [4.69, 9.17) is 4.52 Å². The maximum absolute atomic E-state index is 13.3. The molecule has 118 valence electrons. The molecule has 0 spiro atoms. The van der Waals surface area contributed by atoms with Gasteiger partial charge in [0.2, 0.25) is 5.89 Å². The fourth-order valence-corrected chi connectivity index (χ4v) is 2.98. The first-order valence-electron chi connectivity index (χ1n) is 7.13. The number of hydrogen-bond donors (Lipinski definition) is 1. The molecule has 0 bridgehead atoms. The van der Waals surface area contributed by atoms with Crippen molar-refractivity contribution >= 4 is 0 Å². The van der Waals surface area contributed by atoms with Crippen LogP contribution in [0.2, 0.25) is 0 Å². The number of aliphatic hydroxyl groups excluding tert-OH is 1. The van der Waals surface area contributed by atoms with Crippen molar-refractivity contribution in [1.82, 2.24) is 15.0 Å². The maximum Gasteiger partial charge on any atom is 0.231 e. The van der Waals surface area contributed by atoms with Crippen LogP contribution in [-0.2, 0) is 6.54 Å². The number of benzene rings is 1. The lowest BCUT2D eigenvalue weighted by molar-refractivity contribution is 0.204. The molecule has 2 heterocycles. The Morgan fingerprint density at radius 1 is 1.27 bits per heavy atom. The number of aliphatic hydroxyl groups is 1. The van der Waals surface area contributed by atoms with E-state index in [-0.39, 0.29) is 18.4 Å². The van der Waals surface area contributed by atoms with Crippen LogP contribution in [0.25, 0.3) is 0 Å². The van der Waals surface area contributed by atoms with Crippen LogP contribution in [0.4, 0.5) is 8.78 Å². The largest absolute Gasteiger partial charge is 0.396 e. The molecule has 1 aromatic heterocycles. The third kappa shape index (κ3) is 3.15. The zero-order chi connectivity index (χ0) is 15.7. The molecule has 1 aromatic carbocycles. The average Bonchev–Trinajstić information content (AvgIpc) is 3.03. The molecular formula is C15H17F2N3O2. The van der Waals surface area contributed by atoms with E-state index in [2.05, 4.69) is 10.1 Å². The minimum Gasteiger partial charge on any atom is -0.396 e. The second kappa shape index (κ2) is 6.10. The lowest BCUT2D eigenvalue weighted by atomic mass is 9.97. The number of halogens is 2. The van der Waals surface area contributed by atoms with Gasteiger partial charge in [0.05, 0.1) is 5.92 Å². The molecule has 0 amide bonds. The molecule has 2 atom stereocenters. The molecule has 5 nitrogen and oxygen atoms in total. The number of nitrogens with zero attached hydrogens (tertiary/aromatic N) is 3. The summed E-state index contributed by atoms with van der Waals surface area (Å²) < 4.78 is 31.7. The molecule has 2 aromatic rings. The van der Waals surface area contributed by atoms with Crippen LogP contribution in [0.15, 0.2) is 22.7 Å². The summed E-state index contributed by atoms with van der Waals surface area (Å²) in [5, 5.41) is 13.3. The molecule has 1 fully saturated rings. The van der Waals surface area contributed by atoms with Gasteiger partial charge in [-0.05, 0) is 24.6 Å². The van der Waals surface area contributed by atoms with E-state index in [0.29, 0.717) is 36.9 Å². The van der Waals surface area contributed by atoms with Crippen LogP contribution in [0, 0.1) is 24.5 Å². The summed E-state index contributed by atoms with van der Waals surface area (Å²) >= 11 is 0. The van der Waals surface area contributed by atoms with Gasteiger partial charge in [-0.25, -0.2) is 8.78 Å². The Hall–Kier alpha value is -1.86. The summed E-state index contributed by atoms with van der Waals surface area (Å²) in [6.45, 7) is 3.36. The average molecular weight is 309 g/mol. The second-order valence-corrected chi connectivity index (χ2v) is 5.70. The Morgan fingerprint density at radius 3 is 2.59 bits per heavy atom. The summed E-state index contributed by atoms with van der Waals surface area (Å²) in [4.78, 5) is 6.25.